The lowest BCUT2D eigenvalue weighted by Gasteiger charge is -2.63. The zero-order valence-electron chi connectivity index (χ0n) is 37.7. The molecule has 1 atom stereocenters. The quantitative estimate of drug-likeness (QED) is 0.211. The molecule has 1 aromatic heterocycles. The number of methoxy groups -OCH3 is 1. The molecule has 338 valence electrons. The fourth-order valence-corrected chi connectivity index (χ4v) is 10.9. The molecule has 0 radical (unpaired) electrons. The van der Waals surface area contributed by atoms with E-state index in [2.05, 4.69) is 64.4 Å². The molecule has 2 saturated carbocycles. The molecule has 8 rings (SSSR count). The van der Waals surface area contributed by atoms with Gasteiger partial charge in [0.2, 0.25) is 11.8 Å². The number of amides is 5. The van der Waals surface area contributed by atoms with Crippen molar-refractivity contribution >= 4 is 35.4 Å². The number of carbonyl (C=O) groups is 5. The molecule has 5 aliphatic rings. The van der Waals surface area contributed by atoms with Gasteiger partial charge in [0.15, 0.2) is 11.5 Å². The molecule has 3 aliphatic heterocycles. The Morgan fingerprint density at radius 2 is 1.59 bits per heavy atom. The lowest BCUT2D eigenvalue weighted by atomic mass is 9.49. The Hall–Kier alpha value is -5.92. The number of nitriles is 1. The van der Waals surface area contributed by atoms with Gasteiger partial charge in [-0.25, -0.2) is 0 Å². The van der Waals surface area contributed by atoms with Crippen LogP contribution in [0.25, 0.3) is 0 Å². The molecule has 3 aromatic rings. The first kappa shape index (κ1) is 44.7. The molecule has 0 spiro atoms. The van der Waals surface area contributed by atoms with Gasteiger partial charge < -0.3 is 24.4 Å². The summed E-state index contributed by atoms with van der Waals surface area (Å²) in [7, 11) is 1.71. The van der Waals surface area contributed by atoms with Crippen LogP contribution in [-0.4, -0.2) is 120 Å². The van der Waals surface area contributed by atoms with E-state index in [1.807, 2.05) is 32.0 Å². The minimum absolute atomic E-state index is 0.0523. The first-order valence-corrected chi connectivity index (χ1v) is 22.3. The zero-order valence-corrected chi connectivity index (χ0v) is 37.7. The molecule has 0 bridgehead atoms. The molecule has 4 fully saturated rings. The number of nitrogens with one attached hydrogen (secondary N) is 2. The van der Waals surface area contributed by atoms with Crippen LogP contribution >= 0.6 is 0 Å². The van der Waals surface area contributed by atoms with Crippen LogP contribution in [0.4, 0.5) is 5.82 Å². The fraction of sp³-hybridized carbons (Fsp3) is 0.542. The highest BCUT2D eigenvalue weighted by molar-refractivity contribution is 6.23. The van der Waals surface area contributed by atoms with Crippen LogP contribution in [0.15, 0.2) is 42.5 Å². The molecule has 5 amide bonds. The van der Waals surface area contributed by atoms with E-state index >= 15 is 0 Å². The van der Waals surface area contributed by atoms with Gasteiger partial charge in [0.25, 0.3) is 17.7 Å². The van der Waals surface area contributed by atoms with Crippen LogP contribution in [0, 0.1) is 41.9 Å². The number of benzene rings is 2. The van der Waals surface area contributed by atoms with Gasteiger partial charge in [-0.15, -0.1) is 10.2 Å². The minimum Gasteiger partial charge on any atom is -0.490 e. The monoisotopic (exact) mass is 874 g/mol. The molecular formula is C48H58N8O8. The number of rotatable bonds is 14. The van der Waals surface area contributed by atoms with Crippen molar-refractivity contribution in [1.82, 2.24) is 30.6 Å². The summed E-state index contributed by atoms with van der Waals surface area (Å²) in [6.07, 6.45) is 3.53. The predicted octanol–water partition coefficient (Wildman–Crippen LogP) is 4.75. The number of ether oxygens (including phenoxy) is 3. The molecule has 4 heterocycles. The van der Waals surface area contributed by atoms with Crippen LogP contribution in [-0.2, 0) is 14.3 Å². The number of aryl methyl sites for hydroxylation is 2. The van der Waals surface area contributed by atoms with Crippen molar-refractivity contribution in [3.8, 4) is 17.6 Å². The van der Waals surface area contributed by atoms with Crippen molar-refractivity contribution in [2.45, 2.75) is 110 Å². The highest BCUT2D eigenvalue weighted by Crippen LogP contribution is 2.55. The summed E-state index contributed by atoms with van der Waals surface area (Å²) >= 11 is 0. The molecule has 2 N–H and O–H groups in total. The van der Waals surface area contributed by atoms with Crippen LogP contribution in [0.1, 0.15) is 114 Å². The van der Waals surface area contributed by atoms with Crippen LogP contribution in [0.5, 0.6) is 11.5 Å². The standard InChI is InChI=1S/C48H58N8O8/c1-27-20-32(21-28(2)36(27)25-49)64-46-47(3,4)45(48(46,5)6)51-41(58)37-10-12-39(53-52-37)54-16-14-29(15-17-54)26-55(18-19-62-7)30-22-33(23-30)63-31-8-9-34-35(24-31)44(61)56(43(34)60)38-11-13-40(57)50-42(38)59/h8-10,12,20-21,24,29-30,33,38,45-46H,11,13-19,22-23,26H2,1-7H3,(H,51,58)(H,50,57,59). The van der Waals surface area contributed by atoms with Crippen molar-refractivity contribution in [3.05, 3.63) is 76.0 Å². The number of hydrogen-bond acceptors (Lipinski definition) is 13. The summed E-state index contributed by atoms with van der Waals surface area (Å²) in [5, 5.41) is 23.8. The Bertz CT molecular complexity index is 2340. The Labute approximate surface area is 374 Å². The normalized spacial score (nSPS) is 25.0. The Morgan fingerprint density at radius 3 is 2.22 bits per heavy atom. The SMILES string of the molecule is COCCN(CC1CCN(c2ccc(C(=O)NC3C(C)(C)C(Oc4cc(C)c(C#N)c(C)c4)C3(C)C)nn2)CC1)C1CC(Oc2ccc3c(c2)C(=O)N(C2CCC(=O)NC2=O)C3=O)C1. The second-order valence-electron chi connectivity index (χ2n) is 19.3. The van der Waals surface area contributed by atoms with Gasteiger partial charge >= 0.3 is 0 Å². The van der Waals surface area contributed by atoms with Crippen molar-refractivity contribution in [2.24, 2.45) is 16.7 Å². The lowest BCUT2D eigenvalue weighted by molar-refractivity contribution is -0.164. The van der Waals surface area contributed by atoms with E-state index in [0.29, 0.717) is 29.9 Å². The molecular weight excluding hydrogens is 817 g/mol. The number of carbonyl (C=O) groups excluding carboxylic acids is 5. The highest BCUT2D eigenvalue weighted by atomic mass is 16.5. The van der Waals surface area contributed by atoms with Crippen LogP contribution in [0.3, 0.4) is 0 Å². The van der Waals surface area contributed by atoms with E-state index in [-0.39, 0.29) is 64.6 Å². The van der Waals surface area contributed by atoms with E-state index in [1.165, 1.54) is 0 Å². The van der Waals surface area contributed by atoms with Gasteiger partial charge in [-0.1, -0.05) is 27.7 Å². The summed E-state index contributed by atoms with van der Waals surface area (Å²) < 4.78 is 18.3. The fourth-order valence-electron chi connectivity index (χ4n) is 10.9. The Kier molecular flexibility index (Phi) is 12.3. The number of aromatic nitrogens is 2. The van der Waals surface area contributed by atoms with Crippen molar-refractivity contribution in [3.63, 3.8) is 0 Å². The molecule has 2 aliphatic carbocycles. The highest BCUT2D eigenvalue weighted by Gasteiger charge is 2.64. The first-order valence-electron chi connectivity index (χ1n) is 22.3. The maximum Gasteiger partial charge on any atom is 0.272 e. The van der Waals surface area contributed by atoms with Crippen molar-refractivity contribution in [2.75, 3.05) is 44.8 Å². The van der Waals surface area contributed by atoms with Crippen LogP contribution in [0.2, 0.25) is 0 Å². The second kappa shape index (κ2) is 17.6. The van der Waals surface area contributed by atoms with E-state index < -0.39 is 29.7 Å². The van der Waals surface area contributed by atoms with E-state index in [4.69, 9.17) is 14.2 Å². The van der Waals surface area contributed by atoms with Gasteiger partial charge in [0.05, 0.1) is 29.4 Å². The van der Waals surface area contributed by atoms with Gasteiger partial charge in [-0.2, -0.15) is 5.26 Å². The minimum atomic E-state index is -1.01. The Balaban J connectivity index is 0.803. The predicted molar refractivity (Wildman–Crippen MR) is 235 cm³/mol. The first-order chi connectivity index (χ1) is 30.5. The average Bonchev–Trinajstić information content (AvgIpc) is 3.49. The molecule has 2 aromatic carbocycles. The van der Waals surface area contributed by atoms with Crippen LogP contribution < -0.4 is 25.0 Å². The van der Waals surface area contributed by atoms with Gasteiger partial charge in [0, 0.05) is 75.5 Å². The summed E-state index contributed by atoms with van der Waals surface area (Å²) in [5.41, 5.74) is 2.36. The third-order valence-electron chi connectivity index (χ3n) is 14.2. The lowest BCUT2D eigenvalue weighted by Crippen LogP contribution is -2.74. The van der Waals surface area contributed by atoms with Gasteiger partial charge in [-0.3, -0.25) is 39.1 Å². The summed E-state index contributed by atoms with van der Waals surface area (Å²) in [5.74, 6) is 0.0224. The van der Waals surface area contributed by atoms with Crippen molar-refractivity contribution in [1.29, 1.82) is 5.26 Å². The van der Waals surface area contributed by atoms with Gasteiger partial charge in [0.1, 0.15) is 29.7 Å². The number of piperidine rings is 2. The zero-order chi connectivity index (χ0) is 45.7. The summed E-state index contributed by atoms with van der Waals surface area (Å²) in [4.78, 5) is 69.7. The van der Waals surface area contributed by atoms with E-state index in [1.54, 1.807) is 31.4 Å². The van der Waals surface area contributed by atoms with Gasteiger partial charge in [-0.05, 0) is 92.6 Å². The summed E-state index contributed by atoms with van der Waals surface area (Å²) in [6, 6.07) is 13.7. The number of fused-ring (bicyclic) bond motifs is 1. The molecule has 64 heavy (non-hydrogen) atoms. The second-order valence-corrected chi connectivity index (χ2v) is 19.3. The number of imide groups is 2. The molecule has 16 heteroatoms. The molecule has 1 unspecified atom stereocenters. The Morgan fingerprint density at radius 1 is 0.906 bits per heavy atom. The summed E-state index contributed by atoms with van der Waals surface area (Å²) in [6.45, 7) is 16.2. The number of nitrogens with zero attached hydrogens (tertiary/aromatic N) is 6. The third-order valence-corrected chi connectivity index (χ3v) is 14.2. The third kappa shape index (κ3) is 8.43. The smallest absolute Gasteiger partial charge is 0.272 e. The maximum absolute atomic E-state index is 13.5. The molecule has 2 saturated heterocycles. The number of hydrogen-bond donors (Lipinski definition) is 2. The molecule has 16 nitrogen and oxygen atoms in total. The van der Waals surface area contributed by atoms with E-state index in [9.17, 15) is 29.2 Å². The maximum atomic E-state index is 13.5. The number of anilines is 1. The topological polar surface area (TPSA) is 196 Å². The van der Waals surface area contributed by atoms with Crippen molar-refractivity contribution < 1.29 is 38.2 Å². The average molecular weight is 875 g/mol. The largest absolute Gasteiger partial charge is 0.490 e. The van der Waals surface area contributed by atoms with E-state index in [0.717, 1.165) is 79.5 Å².